The van der Waals surface area contributed by atoms with Crippen molar-refractivity contribution >= 4 is 17.5 Å². The lowest BCUT2D eigenvalue weighted by atomic mass is 9.74. The van der Waals surface area contributed by atoms with Crippen molar-refractivity contribution in [3.63, 3.8) is 0 Å². The van der Waals surface area contributed by atoms with Crippen LogP contribution in [-0.2, 0) is 19.0 Å². The van der Waals surface area contributed by atoms with Gasteiger partial charge in [-0.1, -0.05) is 50.8 Å². The average molecular weight is 425 g/mol. The van der Waals surface area contributed by atoms with Gasteiger partial charge in [0.1, 0.15) is 5.76 Å². The van der Waals surface area contributed by atoms with Crippen molar-refractivity contribution in [1.29, 1.82) is 0 Å². The van der Waals surface area contributed by atoms with Crippen LogP contribution in [-0.4, -0.2) is 30.8 Å². The summed E-state index contributed by atoms with van der Waals surface area (Å²) in [5.74, 6) is 2.47. The molecule has 3 aliphatic rings. The Hall–Kier alpha value is -2.58. The number of hydrogen-bond acceptors (Lipinski definition) is 5. The van der Waals surface area contributed by atoms with Crippen molar-refractivity contribution in [2.24, 2.45) is 17.8 Å². The van der Waals surface area contributed by atoms with Gasteiger partial charge in [0, 0.05) is 0 Å². The molecule has 5 atom stereocenters. The fourth-order valence-corrected chi connectivity index (χ4v) is 5.50. The number of ketones is 1. The molecule has 5 heteroatoms. The highest BCUT2D eigenvalue weighted by atomic mass is 16.7. The summed E-state index contributed by atoms with van der Waals surface area (Å²) in [4.78, 5) is 25.9. The maximum atomic E-state index is 13.6. The van der Waals surface area contributed by atoms with E-state index in [0.717, 1.165) is 35.1 Å². The van der Waals surface area contributed by atoms with Crippen LogP contribution in [0, 0.1) is 50.9 Å². The minimum Gasteiger partial charge on any atom is -0.421 e. The molecule has 31 heavy (non-hydrogen) atoms. The van der Waals surface area contributed by atoms with E-state index in [1.165, 1.54) is 0 Å². The second-order valence-electron chi connectivity index (χ2n) is 8.32. The Labute approximate surface area is 185 Å². The van der Waals surface area contributed by atoms with Gasteiger partial charge in [-0.05, 0) is 49.8 Å². The lowest BCUT2D eigenvalue weighted by Gasteiger charge is -2.27. The van der Waals surface area contributed by atoms with Crippen LogP contribution in [0.2, 0.25) is 0 Å². The highest BCUT2D eigenvalue weighted by Crippen LogP contribution is 2.57. The third-order valence-corrected chi connectivity index (χ3v) is 6.49. The first kappa shape index (κ1) is 23.1. The Morgan fingerprint density at radius 2 is 1.84 bits per heavy atom. The fourth-order valence-electron chi connectivity index (χ4n) is 5.50. The van der Waals surface area contributed by atoms with Crippen LogP contribution in [0.4, 0.5) is 4.79 Å². The molecule has 166 valence electrons. The molecule has 2 bridgehead atoms. The normalized spacial score (nSPS) is 28.0. The first-order valence-electron chi connectivity index (χ1n) is 11.2. The van der Waals surface area contributed by atoms with E-state index in [9.17, 15) is 9.59 Å². The van der Waals surface area contributed by atoms with E-state index in [4.69, 9.17) is 20.6 Å². The Morgan fingerprint density at radius 3 is 2.42 bits per heavy atom. The van der Waals surface area contributed by atoms with Crippen molar-refractivity contribution in [3.05, 3.63) is 40.1 Å². The second kappa shape index (κ2) is 9.28. The minimum absolute atomic E-state index is 0.00968. The summed E-state index contributed by atoms with van der Waals surface area (Å²) in [7, 11) is 0. The Morgan fingerprint density at radius 1 is 1.19 bits per heavy atom. The standard InChI is InChI=1S/C24H26O5.C2H6/c1-6-8-27-24(26)29-23-18-16-11-15(7-2)22(28-16)20(18)21(25)19(23)17-13(4)9-12(3)10-14(17)5;1-2/h1,9-10,15-16,18,20,22H,7-8,11H2,2-5H3;1-2H3/t15?,16?,18?,20-,22?;/m1./s1. The van der Waals surface area contributed by atoms with Crippen LogP contribution in [0.25, 0.3) is 5.57 Å². The molecule has 2 aliphatic heterocycles. The third kappa shape index (κ3) is 3.90. The van der Waals surface area contributed by atoms with Crippen molar-refractivity contribution in [2.75, 3.05) is 6.61 Å². The number of carbonyl (C=O) groups is 2. The number of aryl methyl sites for hydroxylation is 3. The van der Waals surface area contributed by atoms with Gasteiger partial charge in [-0.15, -0.1) is 6.42 Å². The number of carbonyl (C=O) groups excluding carboxylic acids is 2. The number of hydrogen-bond donors (Lipinski definition) is 0. The van der Waals surface area contributed by atoms with Gasteiger partial charge in [-0.2, -0.15) is 0 Å². The third-order valence-electron chi connectivity index (χ3n) is 6.49. The average Bonchev–Trinajstić information content (AvgIpc) is 3.39. The molecule has 0 N–H and O–H groups in total. The van der Waals surface area contributed by atoms with Gasteiger partial charge in [0.05, 0.1) is 29.6 Å². The molecule has 2 fully saturated rings. The van der Waals surface area contributed by atoms with E-state index in [-0.39, 0.29) is 36.4 Å². The summed E-state index contributed by atoms with van der Waals surface area (Å²) in [6.45, 7) is 11.9. The van der Waals surface area contributed by atoms with Crippen LogP contribution >= 0.6 is 0 Å². The maximum absolute atomic E-state index is 13.6. The van der Waals surface area contributed by atoms with E-state index in [1.807, 2.05) is 46.8 Å². The highest BCUT2D eigenvalue weighted by Gasteiger charge is 2.62. The first-order valence-corrected chi connectivity index (χ1v) is 11.2. The largest absolute Gasteiger partial charge is 0.514 e. The number of benzene rings is 1. The van der Waals surface area contributed by atoms with Gasteiger partial charge in [0.25, 0.3) is 0 Å². The smallest absolute Gasteiger partial charge is 0.421 e. The summed E-state index contributed by atoms with van der Waals surface area (Å²) in [6, 6.07) is 4.09. The molecule has 1 aromatic rings. The van der Waals surface area contributed by atoms with Crippen LogP contribution in [0.1, 0.15) is 55.9 Å². The summed E-state index contributed by atoms with van der Waals surface area (Å²) in [5, 5.41) is 0. The van der Waals surface area contributed by atoms with Crippen molar-refractivity contribution in [3.8, 4) is 12.3 Å². The summed E-state index contributed by atoms with van der Waals surface area (Å²) in [6.07, 6.45) is 5.91. The molecule has 0 amide bonds. The number of rotatable bonds is 4. The number of allylic oxidation sites excluding steroid dienone is 1. The lowest BCUT2D eigenvalue weighted by Crippen LogP contribution is -2.35. The Balaban J connectivity index is 0.00000132. The summed E-state index contributed by atoms with van der Waals surface area (Å²) < 4.78 is 16.7. The van der Waals surface area contributed by atoms with Gasteiger partial charge in [0.2, 0.25) is 0 Å². The molecular formula is C26H32O5. The van der Waals surface area contributed by atoms with Gasteiger partial charge in [0.15, 0.2) is 12.4 Å². The van der Waals surface area contributed by atoms with Gasteiger partial charge < -0.3 is 14.2 Å². The SMILES string of the molecule is C#CCOC(=O)OC1=C(c2c(C)cc(C)cc2C)C(=O)[C@@H]2C3OC(CC3CC)C12.CC. The Kier molecular flexibility index (Phi) is 6.91. The van der Waals surface area contributed by atoms with Crippen LogP contribution in [0.5, 0.6) is 0 Å². The highest BCUT2D eigenvalue weighted by molar-refractivity contribution is 6.26. The molecule has 1 aliphatic carbocycles. The molecule has 0 spiro atoms. The van der Waals surface area contributed by atoms with Gasteiger partial charge in [-0.3, -0.25) is 4.79 Å². The van der Waals surface area contributed by atoms with Crippen molar-refractivity contribution < 1.29 is 23.8 Å². The topological polar surface area (TPSA) is 61.8 Å². The van der Waals surface area contributed by atoms with E-state index in [0.29, 0.717) is 17.3 Å². The van der Waals surface area contributed by atoms with E-state index in [1.54, 1.807) is 0 Å². The van der Waals surface area contributed by atoms with E-state index >= 15 is 0 Å². The lowest BCUT2D eigenvalue weighted by molar-refractivity contribution is -0.119. The van der Waals surface area contributed by atoms with Crippen molar-refractivity contribution in [1.82, 2.24) is 0 Å². The predicted molar refractivity (Wildman–Crippen MR) is 119 cm³/mol. The molecule has 0 radical (unpaired) electrons. The molecule has 2 saturated heterocycles. The number of terminal acetylenes is 1. The predicted octanol–water partition coefficient (Wildman–Crippen LogP) is 5.15. The number of fused-ring (bicyclic) bond motifs is 5. The Bertz CT molecular complexity index is 928. The van der Waals surface area contributed by atoms with Crippen LogP contribution < -0.4 is 0 Å². The van der Waals surface area contributed by atoms with E-state index < -0.39 is 6.16 Å². The molecule has 0 aromatic heterocycles. The monoisotopic (exact) mass is 424 g/mol. The number of Topliss-reactive ketones (excluding diaryl/α,β-unsaturated/α-hetero) is 1. The quantitative estimate of drug-likeness (QED) is 0.494. The minimum atomic E-state index is -0.874. The van der Waals surface area contributed by atoms with E-state index in [2.05, 4.69) is 12.8 Å². The van der Waals surface area contributed by atoms with Crippen LogP contribution in [0.15, 0.2) is 17.9 Å². The van der Waals surface area contributed by atoms with Gasteiger partial charge >= 0.3 is 6.16 Å². The zero-order valence-corrected chi connectivity index (χ0v) is 19.3. The molecule has 2 heterocycles. The van der Waals surface area contributed by atoms with Gasteiger partial charge in [-0.25, -0.2) is 4.79 Å². The van der Waals surface area contributed by atoms with Crippen molar-refractivity contribution in [2.45, 2.75) is 66.6 Å². The molecule has 4 rings (SSSR count). The fraction of sp³-hybridized carbons (Fsp3) is 0.538. The second-order valence-corrected chi connectivity index (χ2v) is 8.32. The molecule has 0 saturated carbocycles. The first-order chi connectivity index (χ1) is 14.9. The zero-order chi connectivity index (χ0) is 22.9. The molecular weight excluding hydrogens is 392 g/mol. The maximum Gasteiger partial charge on any atom is 0.514 e. The number of ether oxygens (including phenoxy) is 3. The molecule has 5 nitrogen and oxygen atoms in total. The molecule has 4 unspecified atom stereocenters. The summed E-state index contributed by atoms with van der Waals surface area (Å²) >= 11 is 0. The molecule has 1 aromatic carbocycles. The van der Waals surface area contributed by atoms with Crippen LogP contribution in [0.3, 0.4) is 0 Å². The summed E-state index contributed by atoms with van der Waals surface area (Å²) in [5.41, 5.74) is 4.46. The zero-order valence-electron chi connectivity index (χ0n) is 19.3.